The number of nitrogens with zero attached hydrogens (tertiary/aromatic N) is 1. The Morgan fingerprint density at radius 1 is 0.738 bits per heavy atom. The van der Waals surface area contributed by atoms with E-state index in [0.29, 0.717) is 6.42 Å². The fourth-order valence-electron chi connectivity index (χ4n) is 16.4. The maximum Gasteiger partial charge on any atom is 0.418 e. The zero-order valence-corrected chi connectivity index (χ0v) is 69.6. The number of anilines is 2. The van der Waals surface area contributed by atoms with Crippen molar-refractivity contribution in [2.75, 3.05) is 43.1 Å². The van der Waals surface area contributed by atoms with Crippen LogP contribution in [0.2, 0.25) is 10.0 Å². The molecule has 674 valence electrons. The third-order valence-corrected chi connectivity index (χ3v) is 23.6. The number of nitrogens with two attached hydrogens (primary N) is 1. The molecule has 3 saturated heterocycles. The molecule has 35 nitrogen and oxygen atoms in total. The molecule has 11 bridgehead atoms. The van der Waals surface area contributed by atoms with Gasteiger partial charge in [-0.25, -0.2) is 4.79 Å². The minimum atomic E-state index is -4.80. The van der Waals surface area contributed by atoms with Crippen LogP contribution in [0.4, 0.5) is 24.5 Å². The van der Waals surface area contributed by atoms with E-state index in [9.17, 15) is 83.4 Å². The number of rotatable bonds is 19. The van der Waals surface area contributed by atoms with Crippen molar-refractivity contribution in [3.05, 3.63) is 164 Å². The number of alkyl halides is 3. The summed E-state index contributed by atoms with van der Waals surface area (Å²) in [5.74, 6) is -21.0. The van der Waals surface area contributed by atoms with Crippen LogP contribution in [-0.4, -0.2) is 204 Å². The Labute approximate surface area is 726 Å². The van der Waals surface area contributed by atoms with Gasteiger partial charge in [-0.1, -0.05) is 62.2 Å². The second-order valence-corrected chi connectivity index (χ2v) is 33.2. The standard InChI is InChI=1S/C86H93Cl2F3N8O27/c1-6-38(21-36(2)3)78(112)97-69-56(104)25-43(28-64(92)106)79(113)95-67-42-26-61(122-58-14-8-40(71(69)107)23-51(58)87)75(62(27-42)123-59-15-9-41(24-52(59)88)72(108)70-82(116)96-68(83(117)118)49-30-45(101)31-55(103)66(49)48-22-39(7-13-54(48)102)47(32-57(67)105)80(114)98-70)126-84-76(74(110)73(109)63(35-100)124-84)125-65-33-85(5,77(111)37(4)120-65)93-34-46-11-16-60(121-46)81(115)94-44-10-12-53(50(29-44)86(89,90)91)99-17-19-119-20-18-99/h7-16,22-24,26-27,29-31,36-38,43,47,63,65,67-74,76-77,84,93,100-103,107-111H,6,17-21,25,28,32-35H2,1-5H3,(H2,92,106)(H,94,115)(H,95,113)(H,96,116)(H,97,112)(H,98,114)(H,117,118)/t37-,38+,43-,47?,63+,65-,67?,68+,69-,70-,71+,72+,73+,74+,76+,77+,84?,85-/m0/s1. The van der Waals surface area contributed by atoms with Gasteiger partial charge < -0.3 is 131 Å². The predicted octanol–water partition coefficient (Wildman–Crippen LogP) is 7.05. The lowest BCUT2D eigenvalue weighted by Crippen LogP contribution is -2.65. The maximum absolute atomic E-state index is 16.4. The fraction of sp³-hybridized carbons (Fsp3) is 0.430. The molecule has 40 heteroatoms. The molecule has 126 heavy (non-hydrogen) atoms. The van der Waals surface area contributed by atoms with Crippen LogP contribution < -0.4 is 56.7 Å². The van der Waals surface area contributed by atoms with Gasteiger partial charge in [0, 0.05) is 84.4 Å². The summed E-state index contributed by atoms with van der Waals surface area (Å²) < 4.78 is 94.1. The number of nitrogens with one attached hydrogen (secondary N) is 6. The predicted molar refractivity (Wildman–Crippen MR) is 437 cm³/mol. The van der Waals surface area contributed by atoms with E-state index in [1.807, 2.05) is 13.8 Å². The summed E-state index contributed by atoms with van der Waals surface area (Å²) in [6.07, 6.45) is -26.2. The van der Waals surface area contributed by atoms with Crippen LogP contribution >= 0.6 is 23.2 Å². The first-order chi connectivity index (χ1) is 59.7. The van der Waals surface area contributed by atoms with Crippen molar-refractivity contribution in [2.24, 2.45) is 23.5 Å². The number of carboxylic acids is 1. The number of phenolic OH excluding ortho intramolecular Hbond substituents is 3. The lowest BCUT2D eigenvalue weighted by atomic mass is 9.84. The number of hydrogen-bond acceptors (Lipinski definition) is 28. The van der Waals surface area contributed by atoms with Gasteiger partial charge in [-0.15, -0.1) is 0 Å². The Hall–Kier alpha value is -11.2. The number of aromatic hydroxyl groups is 3. The number of phenols is 3. The molecule has 3 fully saturated rings. The number of aliphatic carboxylic acids is 1. The van der Waals surface area contributed by atoms with Crippen LogP contribution in [0.3, 0.4) is 0 Å². The first-order valence-corrected chi connectivity index (χ1v) is 41.1. The van der Waals surface area contributed by atoms with Crippen molar-refractivity contribution >= 4 is 87.6 Å². The van der Waals surface area contributed by atoms with E-state index in [-0.39, 0.29) is 102 Å². The van der Waals surface area contributed by atoms with E-state index < -0.39 is 267 Å². The average Bonchev–Trinajstić information content (AvgIpc) is 0.793. The van der Waals surface area contributed by atoms with Crippen LogP contribution in [0.5, 0.6) is 46.0 Å². The van der Waals surface area contributed by atoms with Crippen LogP contribution in [0.25, 0.3) is 11.1 Å². The van der Waals surface area contributed by atoms with Gasteiger partial charge in [0.15, 0.2) is 47.3 Å². The van der Waals surface area contributed by atoms with Crippen LogP contribution in [0.15, 0.2) is 114 Å². The monoisotopic (exact) mass is 1800 g/mol. The molecular formula is C86H93Cl2F3N8O27. The number of furan rings is 1. The summed E-state index contributed by atoms with van der Waals surface area (Å²) in [7, 11) is 0. The van der Waals surface area contributed by atoms with Crippen molar-refractivity contribution in [3.63, 3.8) is 0 Å². The molecule has 7 aromatic rings. The van der Waals surface area contributed by atoms with Gasteiger partial charge in [-0.05, 0) is 140 Å². The number of carbonyl (C=O) groups is 9. The average molecular weight is 1800 g/mol. The fourth-order valence-corrected chi connectivity index (χ4v) is 16.8. The van der Waals surface area contributed by atoms with Gasteiger partial charge in [0.25, 0.3) is 5.91 Å². The van der Waals surface area contributed by atoms with E-state index in [0.717, 1.165) is 72.8 Å². The number of Topliss-reactive ketones (excluding diaryl/α,β-unsaturated/α-hetero) is 2. The van der Waals surface area contributed by atoms with Crippen molar-refractivity contribution in [3.8, 4) is 57.1 Å². The summed E-state index contributed by atoms with van der Waals surface area (Å²) in [6, 6.07) is 11.1. The first kappa shape index (κ1) is 92.4. The maximum atomic E-state index is 16.4. The Balaban J connectivity index is 0.928. The molecule has 1 aromatic heterocycles. The van der Waals surface area contributed by atoms with Gasteiger partial charge in [0.2, 0.25) is 41.6 Å². The van der Waals surface area contributed by atoms with Crippen molar-refractivity contribution < 1.29 is 145 Å². The van der Waals surface area contributed by atoms with Crippen molar-refractivity contribution in [1.82, 2.24) is 26.6 Å². The normalized spacial score (nSPS) is 26.9. The summed E-state index contributed by atoms with van der Waals surface area (Å²) in [5.41, 5.74) is 0.388. The molecule has 9 heterocycles. The number of aliphatic hydroxyl groups excluding tert-OH is 6. The molecule has 0 saturated carbocycles. The van der Waals surface area contributed by atoms with E-state index in [4.69, 9.17) is 66.5 Å². The van der Waals surface area contributed by atoms with Crippen LogP contribution in [-0.2, 0) is 70.0 Å². The highest BCUT2D eigenvalue weighted by molar-refractivity contribution is 6.32. The highest BCUT2D eigenvalue weighted by atomic mass is 35.5. The minimum Gasteiger partial charge on any atom is -0.508 e. The van der Waals surface area contributed by atoms with Crippen molar-refractivity contribution in [2.45, 2.75) is 183 Å². The minimum absolute atomic E-state index is 0.0517. The number of benzene rings is 6. The topological polar surface area (TPSA) is 535 Å². The number of amides is 6. The Morgan fingerprint density at radius 2 is 1.40 bits per heavy atom. The summed E-state index contributed by atoms with van der Waals surface area (Å²) in [6.45, 7) is 8.01. The molecule has 18 N–H and O–H groups in total. The molecule has 6 aromatic carbocycles. The molecule has 8 aliphatic rings. The first-order valence-electron chi connectivity index (χ1n) is 40.3. The smallest absolute Gasteiger partial charge is 0.418 e. The molecule has 0 spiro atoms. The number of carbonyl (C=O) groups excluding carboxylic acids is 8. The molecule has 15 rings (SSSR count). The van der Waals surface area contributed by atoms with Gasteiger partial charge in [-0.3, -0.25) is 38.4 Å². The van der Waals surface area contributed by atoms with Gasteiger partial charge in [0.1, 0.15) is 83.2 Å². The Kier molecular flexibility index (Phi) is 28.0. The SMILES string of the molecule is CC[C@H](CC(C)C)C(=O)N[C@H]1C(=O)C[C@@H](CC(N)=O)C(=O)NC2C(=O)CC3C(=O)N[C@H](C(=O)N[C@@H](C(=O)O)c4cc(O)cc(O)c4-c4cc3ccc4O)[C@H](O)c3ccc(c(Cl)c3)Oc3cc2cc(c3OC2O[C@H](CO)[C@@H](O)[C@@H](O)[C@H]2O[C@H]2C[C@](C)(NCc3ccc(C(=O)Nc4ccc(N5CCOCC5)c(C(F)(F)F)c4)o3)[C@H](O)[C@H](C)O2)Oc2ccc(cc2Cl)[C@H]1O. The van der Waals surface area contributed by atoms with E-state index >= 15 is 24.0 Å². The number of ketones is 2. The number of morpholine rings is 1. The number of halogens is 5. The van der Waals surface area contributed by atoms with Gasteiger partial charge in [-0.2, -0.15) is 13.2 Å². The van der Waals surface area contributed by atoms with E-state index in [2.05, 4.69) is 31.9 Å². The molecule has 0 aliphatic carbocycles. The zero-order valence-electron chi connectivity index (χ0n) is 68.1. The largest absolute Gasteiger partial charge is 0.508 e. The number of ether oxygens (including phenoxy) is 7. The molecule has 0 radical (unpaired) electrons. The number of aliphatic hydroxyl groups is 6. The van der Waals surface area contributed by atoms with Gasteiger partial charge >= 0.3 is 12.1 Å². The second kappa shape index (κ2) is 38.1. The molecule has 6 amide bonds. The van der Waals surface area contributed by atoms with E-state index in [1.165, 1.54) is 48.2 Å². The highest BCUT2D eigenvalue weighted by Gasteiger charge is 2.53. The van der Waals surface area contributed by atoms with Crippen LogP contribution in [0, 0.1) is 17.8 Å². The number of fused-ring (bicyclic) bond motifs is 15. The molecular weight excluding hydrogens is 1700 g/mol. The second-order valence-electron chi connectivity index (χ2n) is 32.4. The quantitative estimate of drug-likeness (QED) is 0.0385. The summed E-state index contributed by atoms with van der Waals surface area (Å²) in [4.78, 5) is 134. The Bertz CT molecular complexity index is 5350. The number of carboxylic acid groups (broad SMARTS) is 1. The zero-order chi connectivity index (χ0) is 91.0. The number of hydrogen-bond donors (Lipinski definition) is 17. The Morgan fingerprint density at radius 3 is 2.03 bits per heavy atom. The third-order valence-electron chi connectivity index (χ3n) is 23.0. The molecule has 18 atom stereocenters. The number of primary amides is 1. The van der Waals surface area contributed by atoms with Crippen molar-refractivity contribution in [1.29, 1.82) is 0 Å². The van der Waals surface area contributed by atoms with Crippen LogP contribution in [0.1, 0.15) is 153 Å². The van der Waals surface area contributed by atoms with E-state index in [1.54, 1.807) is 13.8 Å². The molecule has 3 unspecified atom stereocenters. The van der Waals surface area contributed by atoms with Gasteiger partial charge in [0.05, 0.1) is 66.0 Å². The third kappa shape index (κ3) is 20.1. The summed E-state index contributed by atoms with van der Waals surface area (Å²) >= 11 is 14.3. The molecule has 8 aliphatic heterocycles. The lowest BCUT2D eigenvalue weighted by Gasteiger charge is -2.48. The summed E-state index contributed by atoms with van der Waals surface area (Å²) in [5, 5.41) is 132. The lowest BCUT2D eigenvalue weighted by molar-refractivity contribution is -0.334. The highest BCUT2D eigenvalue weighted by Crippen LogP contribution is 2.51.